The van der Waals surface area contributed by atoms with Gasteiger partial charge in [-0.15, -0.1) is 0 Å². The highest BCUT2D eigenvalue weighted by Crippen LogP contribution is 2.22. The van der Waals surface area contributed by atoms with Crippen LogP contribution in [0.1, 0.15) is 25.0 Å². The van der Waals surface area contributed by atoms with Crippen molar-refractivity contribution in [3.8, 4) is 0 Å². The van der Waals surface area contributed by atoms with Crippen LogP contribution in [0, 0.1) is 5.41 Å². The van der Waals surface area contributed by atoms with Crippen LogP contribution in [0.3, 0.4) is 0 Å². The van der Waals surface area contributed by atoms with E-state index in [1.165, 1.54) is 0 Å². The maximum absolute atomic E-state index is 7.63. The van der Waals surface area contributed by atoms with Gasteiger partial charge < -0.3 is 10.5 Å². The number of hydrogen-bond acceptors (Lipinski definition) is 3. The van der Waals surface area contributed by atoms with Gasteiger partial charge in [-0.3, -0.25) is 10.3 Å². The first-order chi connectivity index (χ1) is 8.50. The lowest BCUT2D eigenvalue weighted by Crippen LogP contribution is -2.52. The molecule has 18 heavy (non-hydrogen) atoms. The average molecular weight is 247 g/mol. The van der Waals surface area contributed by atoms with Crippen LogP contribution in [0.2, 0.25) is 0 Å². The van der Waals surface area contributed by atoms with Gasteiger partial charge in [-0.1, -0.05) is 24.3 Å². The lowest BCUT2D eigenvalue weighted by atomic mass is 9.99. The molecule has 1 aliphatic rings. The van der Waals surface area contributed by atoms with E-state index in [-0.39, 0.29) is 11.4 Å². The number of hydrogen-bond donors (Lipinski definition) is 2. The molecular formula is C14H21N3O. The number of ether oxygens (including phenoxy) is 1. The number of nitrogens with one attached hydrogen (secondary N) is 1. The van der Waals surface area contributed by atoms with Crippen molar-refractivity contribution in [3.05, 3.63) is 35.4 Å². The van der Waals surface area contributed by atoms with Gasteiger partial charge >= 0.3 is 0 Å². The van der Waals surface area contributed by atoms with Crippen molar-refractivity contribution in [2.24, 2.45) is 5.73 Å². The summed E-state index contributed by atoms with van der Waals surface area (Å²) in [6.45, 7) is 7.61. The van der Waals surface area contributed by atoms with E-state index in [1.807, 2.05) is 24.3 Å². The Labute approximate surface area is 108 Å². The summed E-state index contributed by atoms with van der Waals surface area (Å²) in [7, 11) is 0. The van der Waals surface area contributed by atoms with E-state index >= 15 is 0 Å². The van der Waals surface area contributed by atoms with Crippen molar-refractivity contribution in [1.82, 2.24) is 4.90 Å². The zero-order valence-corrected chi connectivity index (χ0v) is 11.1. The van der Waals surface area contributed by atoms with Gasteiger partial charge in [0.05, 0.1) is 13.2 Å². The molecule has 4 heteroatoms. The Morgan fingerprint density at radius 3 is 2.83 bits per heavy atom. The highest BCUT2D eigenvalue weighted by Gasteiger charge is 2.30. The number of benzene rings is 1. The number of nitrogens with two attached hydrogens (primary N) is 1. The Hall–Kier alpha value is -1.39. The second-order valence-electron chi connectivity index (χ2n) is 5.36. The summed E-state index contributed by atoms with van der Waals surface area (Å²) in [4.78, 5) is 2.39. The van der Waals surface area contributed by atoms with Crippen LogP contribution in [0.4, 0.5) is 0 Å². The highest BCUT2D eigenvalue weighted by atomic mass is 16.5. The lowest BCUT2D eigenvalue weighted by molar-refractivity contribution is -0.0553. The summed E-state index contributed by atoms with van der Waals surface area (Å²) in [6, 6.07) is 7.87. The molecule has 0 amide bonds. The first-order valence-electron chi connectivity index (χ1n) is 6.26. The van der Waals surface area contributed by atoms with Gasteiger partial charge in [-0.2, -0.15) is 0 Å². The summed E-state index contributed by atoms with van der Waals surface area (Å²) in [6.07, 6.45) is 0. The largest absolute Gasteiger partial charge is 0.384 e. The van der Waals surface area contributed by atoms with Crippen LogP contribution in [-0.2, 0) is 11.3 Å². The molecule has 98 valence electrons. The molecule has 0 aromatic heterocycles. The average Bonchev–Trinajstić information content (AvgIpc) is 2.32. The smallest absolute Gasteiger partial charge is 0.123 e. The van der Waals surface area contributed by atoms with E-state index in [0.717, 1.165) is 37.4 Å². The van der Waals surface area contributed by atoms with Crippen molar-refractivity contribution >= 4 is 5.84 Å². The maximum Gasteiger partial charge on any atom is 0.123 e. The third-order valence-electron chi connectivity index (χ3n) is 3.49. The van der Waals surface area contributed by atoms with Crippen LogP contribution in [0.25, 0.3) is 0 Å². The molecule has 0 radical (unpaired) electrons. The van der Waals surface area contributed by atoms with E-state index in [9.17, 15) is 0 Å². The van der Waals surface area contributed by atoms with E-state index in [2.05, 4.69) is 18.7 Å². The summed E-state index contributed by atoms with van der Waals surface area (Å²) < 4.78 is 5.52. The molecule has 1 fully saturated rings. The first-order valence-corrected chi connectivity index (χ1v) is 6.26. The minimum atomic E-state index is 0.0299. The minimum Gasteiger partial charge on any atom is -0.384 e. The van der Waals surface area contributed by atoms with E-state index < -0.39 is 0 Å². The summed E-state index contributed by atoms with van der Waals surface area (Å²) >= 11 is 0. The summed E-state index contributed by atoms with van der Waals surface area (Å²) in [5.74, 6) is 0.136. The number of amidine groups is 1. The minimum absolute atomic E-state index is 0.0299. The summed E-state index contributed by atoms with van der Waals surface area (Å²) in [5, 5.41) is 7.63. The third-order valence-corrected chi connectivity index (χ3v) is 3.49. The monoisotopic (exact) mass is 247 g/mol. The van der Waals surface area contributed by atoms with E-state index in [0.29, 0.717) is 0 Å². The molecule has 1 aromatic rings. The topological polar surface area (TPSA) is 62.3 Å². The van der Waals surface area contributed by atoms with Gasteiger partial charge in [-0.25, -0.2) is 0 Å². The SMILES string of the molecule is CC1(C)COCCN1Cc1ccccc1C(=N)N. The standard InChI is InChI=1S/C14H21N3O/c1-14(2)10-18-8-7-17(14)9-11-5-3-4-6-12(11)13(15)16/h3-6H,7-10H2,1-2H3,(H3,15,16). The Balaban J connectivity index is 2.21. The fourth-order valence-corrected chi connectivity index (χ4v) is 2.31. The highest BCUT2D eigenvalue weighted by molar-refractivity contribution is 5.96. The zero-order valence-electron chi connectivity index (χ0n) is 11.1. The fourth-order valence-electron chi connectivity index (χ4n) is 2.31. The van der Waals surface area contributed by atoms with Crippen molar-refractivity contribution in [2.45, 2.75) is 25.9 Å². The van der Waals surface area contributed by atoms with Gasteiger partial charge in [0.15, 0.2) is 0 Å². The Morgan fingerprint density at radius 2 is 2.17 bits per heavy atom. The van der Waals surface area contributed by atoms with Crippen molar-refractivity contribution in [3.63, 3.8) is 0 Å². The first kappa shape index (κ1) is 13.1. The molecule has 2 rings (SSSR count). The van der Waals surface area contributed by atoms with Crippen LogP contribution in [0.5, 0.6) is 0 Å². The molecule has 0 atom stereocenters. The van der Waals surface area contributed by atoms with Crippen LogP contribution in [-0.4, -0.2) is 36.0 Å². The van der Waals surface area contributed by atoms with Crippen LogP contribution < -0.4 is 5.73 Å². The molecule has 0 bridgehead atoms. The Bertz CT molecular complexity index is 442. The molecule has 3 N–H and O–H groups in total. The molecule has 0 saturated carbocycles. The van der Waals surface area contributed by atoms with Crippen LogP contribution in [0.15, 0.2) is 24.3 Å². The number of rotatable bonds is 3. The van der Waals surface area contributed by atoms with E-state index in [1.54, 1.807) is 0 Å². The normalized spacial score (nSPS) is 19.7. The predicted molar refractivity (Wildman–Crippen MR) is 72.8 cm³/mol. The van der Waals surface area contributed by atoms with Gasteiger partial charge in [0.2, 0.25) is 0 Å². The second-order valence-corrected chi connectivity index (χ2v) is 5.36. The quantitative estimate of drug-likeness (QED) is 0.629. The fraction of sp³-hybridized carbons (Fsp3) is 0.500. The van der Waals surface area contributed by atoms with E-state index in [4.69, 9.17) is 15.9 Å². The molecule has 1 heterocycles. The van der Waals surface area contributed by atoms with Crippen LogP contribution >= 0.6 is 0 Å². The molecule has 0 unspecified atom stereocenters. The summed E-state index contributed by atoms with van der Waals surface area (Å²) in [5.41, 5.74) is 7.60. The molecule has 4 nitrogen and oxygen atoms in total. The Kier molecular flexibility index (Phi) is 3.68. The van der Waals surface area contributed by atoms with Crippen molar-refractivity contribution in [1.29, 1.82) is 5.41 Å². The third kappa shape index (κ3) is 2.71. The Morgan fingerprint density at radius 1 is 1.44 bits per heavy atom. The molecule has 0 aliphatic carbocycles. The predicted octanol–water partition coefficient (Wildman–Crippen LogP) is 1.58. The van der Waals surface area contributed by atoms with Crippen molar-refractivity contribution in [2.75, 3.05) is 19.8 Å². The zero-order chi connectivity index (χ0) is 13.2. The molecular weight excluding hydrogens is 226 g/mol. The number of nitrogens with zero attached hydrogens (tertiary/aromatic N) is 1. The van der Waals surface area contributed by atoms with Gasteiger partial charge in [0.25, 0.3) is 0 Å². The number of nitrogen functional groups attached to an aromatic ring is 1. The van der Waals surface area contributed by atoms with Gasteiger partial charge in [-0.05, 0) is 19.4 Å². The lowest BCUT2D eigenvalue weighted by Gasteiger charge is -2.42. The second kappa shape index (κ2) is 5.08. The van der Waals surface area contributed by atoms with Crippen molar-refractivity contribution < 1.29 is 4.74 Å². The number of morpholine rings is 1. The molecule has 1 saturated heterocycles. The van der Waals surface area contributed by atoms with Gasteiger partial charge in [0, 0.05) is 24.2 Å². The molecule has 1 aromatic carbocycles. The molecule has 0 spiro atoms. The maximum atomic E-state index is 7.63. The van der Waals surface area contributed by atoms with Gasteiger partial charge in [0.1, 0.15) is 5.84 Å². The molecule has 1 aliphatic heterocycles.